The molecule has 33 heavy (non-hydrogen) atoms. The van der Waals surface area contributed by atoms with Gasteiger partial charge < -0.3 is 19.4 Å². The van der Waals surface area contributed by atoms with Gasteiger partial charge >= 0.3 is 0 Å². The number of aromatic nitrogens is 4. The monoisotopic (exact) mass is 455 g/mol. The van der Waals surface area contributed by atoms with E-state index < -0.39 is 5.41 Å². The highest BCUT2D eigenvalue weighted by Gasteiger charge is 2.49. The molecule has 178 valence electrons. The van der Waals surface area contributed by atoms with Crippen LogP contribution < -0.4 is 5.56 Å². The van der Waals surface area contributed by atoms with Gasteiger partial charge in [-0.05, 0) is 44.1 Å². The Morgan fingerprint density at radius 1 is 1.27 bits per heavy atom. The highest BCUT2D eigenvalue weighted by atomic mass is 16.5. The van der Waals surface area contributed by atoms with E-state index >= 15 is 0 Å². The number of aromatic amines is 1. The lowest BCUT2D eigenvalue weighted by molar-refractivity contribution is -0.149. The first-order valence-corrected chi connectivity index (χ1v) is 12.2. The quantitative estimate of drug-likeness (QED) is 0.579. The number of hydrogen-bond donors (Lipinski definition) is 1. The average Bonchev–Trinajstić information content (AvgIpc) is 3.20. The van der Waals surface area contributed by atoms with E-state index in [1.165, 1.54) is 25.3 Å². The maximum absolute atomic E-state index is 13.8. The van der Waals surface area contributed by atoms with Crippen LogP contribution in [0.15, 0.2) is 29.3 Å². The zero-order chi connectivity index (χ0) is 22.7. The molecule has 3 fully saturated rings. The van der Waals surface area contributed by atoms with Crippen LogP contribution >= 0.6 is 0 Å². The first kappa shape index (κ1) is 22.3. The first-order valence-electron chi connectivity index (χ1n) is 12.2. The van der Waals surface area contributed by atoms with Crippen molar-refractivity contribution in [1.82, 2.24) is 24.9 Å². The van der Waals surface area contributed by atoms with Gasteiger partial charge in [0.2, 0.25) is 11.5 Å². The molecule has 9 nitrogen and oxygen atoms in total. The summed E-state index contributed by atoms with van der Waals surface area (Å²) >= 11 is 0. The molecule has 0 radical (unpaired) electrons. The Kier molecular flexibility index (Phi) is 6.59. The van der Waals surface area contributed by atoms with Crippen LogP contribution in [0.4, 0.5) is 0 Å². The standard InChI is InChI=1S/C24H33N5O4/c30-22-7-6-18(15-25-22)24(8-2-9-24)23(31)29-11-13-32-17-20(29)14-19-16-28(27-26-19)10-3-12-33-21-4-1-5-21/h6-7,15-16,20-21H,1-5,8-14,17H2,(H,25,30). The van der Waals surface area contributed by atoms with Crippen LogP contribution in [0, 0.1) is 0 Å². The lowest BCUT2D eigenvalue weighted by Gasteiger charge is -2.47. The smallest absolute Gasteiger partial charge is 0.247 e. The van der Waals surface area contributed by atoms with Crippen LogP contribution in [0.25, 0.3) is 0 Å². The van der Waals surface area contributed by atoms with Crippen molar-refractivity contribution in [2.75, 3.05) is 26.4 Å². The van der Waals surface area contributed by atoms with Gasteiger partial charge in [0.1, 0.15) is 0 Å². The third kappa shape index (κ3) is 4.75. The maximum Gasteiger partial charge on any atom is 0.247 e. The van der Waals surface area contributed by atoms with E-state index in [0.29, 0.717) is 32.3 Å². The Balaban J connectivity index is 1.21. The molecule has 0 bridgehead atoms. The summed E-state index contributed by atoms with van der Waals surface area (Å²) in [4.78, 5) is 30.0. The molecular weight excluding hydrogens is 422 g/mol. The van der Waals surface area contributed by atoms with Crippen molar-refractivity contribution in [3.05, 3.63) is 46.1 Å². The van der Waals surface area contributed by atoms with E-state index in [2.05, 4.69) is 15.3 Å². The van der Waals surface area contributed by atoms with Crippen LogP contribution in [0.5, 0.6) is 0 Å². The first-order chi connectivity index (χ1) is 16.1. The summed E-state index contributed by atoms with van der Waals surface area (Å²) in [5, 5.41) is 8.62. The van der Waals surface area contributed by atoms with E-state index in [0.717, 1.165) is 50.1 Å². The van der Waals surface area contributed by atoms with E-state index in [9.17, 15) is 9.59 Å². The van der Waals surface area contributed by atoms with Crippen molar-refractivity contribution in [1.29, 1.82) is 0 Å². The molecule has 3 aliphatic rings. The zero-order valence-electron chi connectivity index (χ0n) is 19.1. The van der Waals surface area contributed by atoms with E-state index in [1.807, 2.05) is 15.8 Å². The highest BCUT2D eigenvalue weighted by molar-refractivity contribution is 5.89. The van der Waals surface area contributed by atoms with Crippen LogP contribution in [0.2, 0.25) is 0 Å². The van der Waals surface area contributed by atoms with Crippen molar-refractivity contribution in [2.45, 2.75) is 75.5 Å². The van der Waals surface area contributed by atoms with Crippen LogP contribution in [0.1, 0.15) is 56.2 Å². The fourth-order valence-electron chi connectivity index (χ4n) is 5.03. The van der Waals surface area contributed by atoms with Crippen molar-refractivity contribution in [3.8, 4) is 0 Å². The van der Waals surface area contributed by atoms with Gasteiger partial charge in [-0.1, -0.05) is 17.7 Å². The maximum atomic E-state index is 13.8. The van der Waals surface area contributed by atoms with Crippen LogP contribution in [-0.4, -0.2) is 69.3 Å². The Labute approximate surface area is 193 Å². The summed E-state index contributed by atoms with van der Waals surface area (Å²) in [5.74, 6) is 0.134. The van der Waals surface area contributed by atoms with Gasteiger partial charge in [-0.3, -0.25) is 14.3 Å². The van der Waals surface area contributed by atoms with Gasteiger partial charge in [-0.2, -0.15) is 0 Å². The van der Waals surface area contributed by atoms with Gasteiger partial charge in [-0.15, -0.1) is 5.10 Å². The number of H-pyrrole nitrogens is 1. The second kappa shape index (κ2) is 9.77. The summed E-state index contributed by atoms with van der Waals surface area (Å²) in [6.07, 6.45) is 12.0. The summed E-state index contributed by atoms with van der Waals surface area (Å²) in [5.41, 5.74) is 1.08. The van der Waals surface area contributed by atoms with Crippen molar-refractivity contribution in [3.63, 3.8) is 0 Å². The number of ether oxygens (including phenoxy) is 2. The molecule has 2 aromatic rings. The second-order valence-corrected chi connectivity index (χ2v) is 9.56. The molecule has 1 unspecified atom stereocenters. The largest absolute Gasteiger partial charge is 0.378 e. The van der Waals surface area contributed by atoms with E-state index in [-0.39, 0.29) is 17.5 Å². The van der Waals surface area contributed by atoms with Gasteiger partial charge in [-0.25, -0.2) is 0 Å². The number of rotatable bonds is 9. The number of hydrogen-bond acceptors (Lipinski definition) is 6. The molecule has 9 heteroatoms. The molecule has 1 aliphatic heterocycles. The Morgan fingerprint density at radius 2 is 2.15 bits per heavy atom. The number of nitrogens with one attached hydrogen (secondary N) is 1. The average molecular weight is 456 g/mol. The summed E-state index contributed by atoms with van der Waals surface area (Å²) in [6, 6.07) is 3.24. The number of nitrogens with zero attached hydrogens (tertiary/aromatic N) is 4. The third-order valence-corrected chi connectivity index (χ3v) is 7.41. The minimum absolute atomic E-state index is 0.0708. The summed E-state index contributed by atoms with van der Waals surface area (Å²) in [7, 11) is 0. The fraction of sp³-hybridized carbons (Fsp3) is 0.667. The number of aryl methyl sites for hydroxylation is 1. The Hall–Kier alpha value is -2.52. The lowest BCUT2D eigenvalue weighted by atomic mass is 9.63. The normalized spacial score (nSPS) is 22.5. The molecule has 0 aromatic carbocycles. The number of morpholine rings is 1. The second-order valence-electron chi connectivity index (χ2n) is 9.56. The van der Waals surface area contributed by atoms with Crippen LogP contribution in [-0.2, 0) is 32.6 Å². The van der Waals surface area contributed by atoms with Crippen molar-refractivity contribution >= 4 is 5.91 Å². The molecule has 5 rings (SSSR count). The van der Waals surface area contributed by atoms with Gasteiger partial charge in [0.25, 0.3) is 0 Å². The van der Waals surface area contributed by atoms with E-state index in [4.69, 9.17) is 9.47 Å². The fourth-order valence-corrected chi connectivity index (χ4v) is 5.03. The lowest BCUT2D eigenvalue weighted by Crippen LogP contribution is -2.58. The molecule has 3 heterocycles. The Morgan fingerprint density at radius 3 is 2.85 bits per heavy atom. The molecule has 2 aliphatic carbocycles. The van der Waals surface area contributed by atoms with E-state index in [1.54, 1.807) is 12.3 Å². The number of pyridine rings is 1. The predicted octanol–water partition coefficient (Wildman–Crippen LogP) is 1.82. The SMILES string of the molecule is O=C(N1CCOCC1Cc1cn(CCCOC2CCC2)nn1)C1(c2ccc(=O)[nH]c2)CCC1. The van der Waals surface area contributed by atoms with Gasteiger partial charge in [0.05, 0.1) is 36.5 Å². The molecular formula is C24H33N5O4. The number of carbonyl (C=O) groups is 1. The molecule has 1 atom stereocenters. The molecule has 1 amide bonds. The summed E-state index contributed by atoms with van der Waals surface area (Å²) < 4.78 is 13.4. The zero-order valence-corrected chi connectivity index (χ0v) is 19.1. The number of carbonyl (C=O) groups excluding carboxylic acids is 1. The van der Waals surface area contributed by atoms with Gasteiger partial charge in [0, 0.05) is 44.6 Å². The topological polar surface area (TPSA) is 102 Å². The Bertz CT molecular complexity index is 990. The molecule has 2 saturated carbocycles. The number of amides is 1. The highest BCUT2D eigenvalue weighted by Crippen LogP contribution is 2.45. The summed E-state index contributed by atoms with van der Waals surface area (Å²) in [6.45, 7) is 3.14. The predicted molar refractivity (Wildman–Crippen MR) is 121 cm³/mol. The molecule has 2 aromatic heterocycles. The molecule has 0 spiro atoms. The van der Waals surface area contributed by atoms with Crippen molar-refractivity contribution in [2.24, 2.45) is 0 Å². The molecule has 1 N–H and O–H groups in total. The van der Waals surface area contributed by atoms with Gasteiger partial charge in [0.15, 0.2) is 0 Å². The van der Waals surface area contributed by atoms with Crippen LogP contribution in [0.3, 0.4) is 0 Å². The minimum Gasteiger partial charge on any atom is -0.378 e. The third-order valence-electron chi connectivity index (χ3n) is 7.41. The molecule has 1 saturated heterocycles. The van der Waals surface area contributed by atoms with Crippen molar-refractivity contribution < 1.29 is 14.3 Å². The minimum atomic E-state index is -0.544.